The largest absolute Gasteiger partial charge is 0.486 e. The van der Waals surface area contributed by atoms with Crippen molar-refractivity contribution in [2.45, 2.75) is 14.4 Å². The zero-order valence-corrected chi connectivity index (χ0v) is 18.2. The average molecular weight is 466 g/mol. The molecule has 4 rings (SSSR count). The van der Waals surface area contributed by atoms with Crippen LogP contribution in [0.15, 0.2) is 75.1 Å². The number of sulfone groups is 1. The van der Waals surface area contributed by atoms with Crippen molar-refractivity contribution in [2.75, 3.05) is 19.8 Å². The number of hydrogen-bond acceptors (Lipinski definition) is 7. The summed E-state index contributed by atoms with van der Waals surface area (Å²) in [7, 11) is -7.76. The molecule has 0 spiro atoms. The van der Waals surface area contributed by atoms with E-state index in [1.807, 2.05) is 0 Å². The van der Waals surface area contributed by atoms with E-state index in [1.165, 1.54) is 24.3 Å². The second-order valence-corrected chi connectivity index (χ2v) is 11.6. The second-order valence-electron chi connectivity index (χ2n) is 6.53. The third kappa shape index (κ3) is 4.22. The maximum absolute atomic E-state index is 13.2. The van der Waals surface area contributed by atoms with Crippen LogP contribution >= 0.6 is 11.3 Å². The van der Waals surface area contributed by atoms with Crippen molar-refractivity contribution in [3.8, 4) is 11.5 Å². The molecule has 2 aromatic carbocycles. The van der Waals surface area contributed by atoms with E-state index in [9.17, 15) is 16.8 Å². The highest BCUT2D eigenvalue weighted by Crippen LogP contribution is 2.33. The Balaban J connectivity index is 1.62. The minimum atomic E-state index is -3.97. The zero-order chi connectivity index (χ0) is 21.2. The lowest BCUT2D eigenvalue weighted by molar-refractivity contribution is 0.171. The van der Waals surface area contributed by atoms with E-state index in [-0.39, 0.29) is 15.6 Å². The Bertz CT molecular complexity index is 1220. The van der Waals surface area contributed by atoms with Crippen molar-refractivity contribution in [3.63, 3.8) is 0 Å². The summed E-state index contributed by atoms with van der Waals surface area (Å²) in [5.74, 6) is 0.817. The summed E-state index contributed by atoms with van der Waals surface area (Å²) in [5, 5.41) is 0.609. The highest BCUT2D eigenvalue weighted by atomic mass is 32.2. The van der Waals surface area contributed by atoms with Gasteiger partial charge in [-0.3, -0.25) is 0 Å². The van der Waals surface area contributed by atoms with Crippen LogP contribution in [0.3, 0.4) is 0 Å². The molecule has 0 radical (unpaired) electrons. The van der Waals surface area contributed by atoms with E-state index < -0.39 is 25.1 Å². The first-order valence-corrected chi connectivity index (χ1v) is 13.0. The van der Waals surface area contributed by atoms with Gasteiger partial charge in [0.1, 0.15) is 22.7 Å². The van der Waals surface area contributed by atoms with E-state index in [0.717, 1.165) is 11.3 Å². The maximum Gasteiger partial charge on any atom is 0.240 e. The summed E-state index contributed by atoms with van der Waals surface area (Å²) in [6, 6.07) is 16.1. The van der Waals surface area contributed by atoms with E-state index >= 15 is 0 Å². The molecular weight excluding hydrogens is 446 g/mol. The van der Waals surface area contributed by atoms with E-state index in [0.29, 0.717) is 30.3 Å². The van der Waals surface area contributed by atoms with E-state index in [1.54, 1.807) is 41.8 Å². The minimum absolute atomic E-state index is 0.0212. The minimum Gasteiger partial charge on any atom is -0.486 e. The van der Waals surface area contributed by atoms with Gasteiger partial charge in [0, 0.05) is 12.6 Å². The van der Waals surface area contributed by atoms with Gasteiger partial charge in [-0.05, 0) is 29.1 Å². The van der Waals surface area contributed by atoms with Gasteiger partial charge in [-0.25, -0.2) is 21.6 Å². The molecule has 0 unspecified atom stereocenters. The van der Waals surface area contributed by atoms with Crippen LogP contribution in [0.25, 0.3) is 0 Å². The highest BCUT2D eigenvalue weighted by molar-refractivity contribution is 7.93. The average Bonchev–Trinajstić information content (AvgIpc) is 3.30. The molecule has 0 saturated heterocycles. The Labute approximate surface area is 179 Å². The molecule has 0 bridgehead atoms. The fourth-order valence-corrected chi connectivity index (χ4v) is 7.13. The molecule has 1 aromatic heterocycles. The van der Waals surface area contributed by atoms with Crippen molar-refractivity contribution in [1.29, 1.82) is 0 Å². The van der Waals surface area contributed by atoms with Crippen LogP contribution in [-0.2, 0) is 19.9 Å². The quantitative estimate of drug-likeness (QED) is 0.576. The van der Waals surface area contributed by atoms with Crippen LogP contribution in [0.5, 0.6) is 11.5 Å². The molecule has 0 fully saturated rings. The molecule has 2 heterocycles. The normalized spacial score (nSPS) is 14.9. The number of nitrogens with one attached hydrogen (secondary N) is 1. The summed E-state index contributed by atoms with van der Waals surface area (Å²) in [5.41, 5.74) is 0.510. The van der Waals surface area contributed by atoms with Crippen LogP contribution in [0.4, 0.5) is 0 Å². The van der Waals surface area contributed by atoms with Gasteiger partial charge < -0.3 is 9.47 Å². The van der Waals surface area contributed by atoms with E-state index in [4.69, 9.17) is 9.47 Å². The Morgan fingerprint density at radius 1 is 0.900 bits per heavy atom. The molecule has 1 atom stereocenters. The number of benzene rings is 2. The number of thiophene rings is 1. The molecule has 0 aliphatic carbocycles. The number of rotatable bonds is 7. The third-order valence-corrected chi connectivity index (χ3v) is 9.56. The first-order valence-electron chi connectivity index (χ1n) is 9.09. The van der Waals surface area contributed by atoms with Crippen LogP contribution in [0.1, 0.15) is 10.8 Å². The highest BCUT2D eigenvalue weighted by Gasteiger charge is 2.31. The standard InChI is InChI=1S/C20H19NO6S3/c22-29(23,20-7-4-12-28-20)19(15-5-2-1-3-6-15)14-21-30(24,25)16-8-9-17-18(13-16)27-11-10-26-17/h1-9,12-13,19,21H,10-11,14H2/t19-/m1/s1. The predicted octanol–water partition coefficient (Wildman–Crippen LogP) is 3.01. The number of fused-ring (bicyclic) bond motifs is 1. The Morgan fingerprint density at radius 3 is 2.33 bits per heavy atom. The Kier molecular flexibility index (Phi) is 5.83. The Morgan fingerprint density at radius 2 is 1.63 bits per heavy atom. The van der Waals surface area contributed by atoms with Gasteiger partial charge >= 0.3 is 0 Å². The smallest absolute Gasteiger partial charge is 0.240 e. The predicted molar refractivity (Wildman–Crippen MR) is 113 cm³/mol. The number of ether oxygens (including phenoxy) is 2. The second kappa shape index (κ2) is 8.38. The van der Waals surface area contributed by atoms with Crippen molar-refractivity contribution < 1.29 is 26.3 Å². The van der Waals surface area contributed by atoms with Gasteiger partial charge in [0.2, 0.25) is 10.0 Å². The monoisotopic (exact) mass is 465 g/mol. The van der Waals surface area contributed by atoms with Gasteiger partial charge in [0.25, 0.3) is 0 Å². The molecule has 1 aliphatic rings. The molecule has 158 valence electrons. The molecule has 1 aliphatic heterocycles. The first kappa shape index (κ1) is 20.9. The molecule has 1 N–H and O–H groups in total. The molecule has 0 saturated carbocycles. The fraction of sp³-hybridized carbons (Fsp3) is 0.200. The number of sulfonamides is 1. The van der Waals surface area contributed by atoms with Crippen molar-refractivity contribution in [2.24, 2.45) is 0 Å². The molecule has 10 heteroatoms. The zero-order valence-electron chi connectivity index (χ0n) is 15.7. The molecular formula is C20H19NO6S3. The fourth-order valence-electron chi connectivity index (χ4n) is 3.10. The van der Waals surface area contributed by atoms with Crippen LogP contribution in [0, 0.1) is 0 Å². The summed E-state index contributed by atoms with van der Waals surface area (Å²) >= 11 is 1.10. The molecule has 3 aromatic rings. The van der Waals surface area contributed by atoms with Crippen LogP contribution in [0.2, 0.25) is 0 Å². The van der Waals surface area contributed by atoms with Crippen molar-refractivity contribution in [3.05, 3.63) is 71.6 Å². The lowest BCUT2D eigenvalue weighted by Crippen LogP contribution is -2.32. The molecule has 7 nitrogen and oxygen atoms in total. The van der Waals surface area contributed by atoms with E-state index in [2.05, 4.69) is 4.72 Å². The van der Waals surface area contributed by atoms with Crippen molar-refractivity contribution >= 4 is 31.2 Å². The van der Waals surface area contributed by atoms with Gasteiger partial charge in [-0.15, -0.1) is 11.3 Å². The maximum atomic E-state index is 13.2. The van der Waals surface area contributed by atoms with Crippen molar-refractivity contribution in [1.82, 2.24) is 4.72 Å². The van der Waals surface area contributed by atoms with Gasteiger partial charge in [0.15, 0.2) is 21.3 Å². The van der Waals surface area contributed by atoms with Gasteiger partial charge in [-0.1, -0.05) is 36.4 Å². The lowest BCUT2D eigenvalue weighted by Gasteiger charge is -2.20. The lowest BCUT2D eigenvalue weighted by atomic mass is 10.1. The van der Waals surface area contributed by atoms with Crippen LogP contribution < -0.4 is 14.2 Å². The topological polar surface area (TPSA) is 98.8 Å². The number of hydrogen-bond donors (Lipinski definition) is 1. The molecule has 0 amide bonds. The third-order valence-electron chi connectivity index (χ3n) is 4.60. The van der Waals surface area contributed by atoms with Gasteiger partial charge in [-0.2, -0.15) is 0 Å². The Hall–Kier alpha value is -2.40. The van der Waals surface area contributed by atoms with Crippen LogP contribution in [-0.4, -0.2) is 36.6 Å². The first-order chi connectivity index (χ1) is 14.4. The summed E-state index contributed by atoms with van der Waals surface area (Å²) < 4.78 is 65.6. The molecule has 30 heavy (non-hydrogen) atoms. The summed E-state index contributed by atoms with van der Waals surface area (Å²) in [6.45, 7) is 0.427. The SMILES string of the molecule is O=S(=O)(NC[C@H](c1ccccc1)S(=O)(=O)c1cccs1)c1ccc2c(c1)OCCO2. The summed E-state index contributed by atoms with van der Waals surface area (Å²) in [6.07, 6.45) is 0. The van der Waals surface area contributed by atoms with Gasteiger partial charge in [0.05, 0.1) is 4.90 Å². The summed E-state index contributed by atoms with van der Waals surface area (Å²) in [4.78, 5) is -0.0212.